The highest BCUT2D eigenvalue weighted by Gasteiger charge is 2.25. The van der Waals surface area contributed by atoms with Gasteiger partial charge in [0.15, 0.2) is 5.82 Å². The molecule has 1 atom stereocenters. The molecule has 0 bridgehead atoms. The van der Waals surface area contributed by atoms with Crippen LogP contribution >= 0.6 is 0 Å². The van der Waals surface area contributed by atoms with E-state index < -0.39 is 5.97 Å². The molecule has 0 spiro atoms. The molecule has 0 fully saturated rings. The third-order valence-electron chi connectivity index (χ3n) is 3.22. The lowest BCUT2D eigenvalue weighted by Crippen LogP contribution is -2.24. The van der Waals surface area contributed by atoms with Crippen LogP contribution < -0.4 is 0 Å². The highest BCUT2D eigenvalue weighted by Crippen LogP contribution is 2.24. The number of carbonyl (C=O) groups is 1. The number of hydrogen-bond acceptors (Lipinski definition) is 4. The van der Waals surface area contributed by atoms with E-state index in [-0.39, 0.29) is 11.3 Å². The second-order valence-corrected chi connectivity index (χ2v) is 4.99. The van der Waals surface area contributed by atoms with Gasteiger partial charge in [0.05, 0.1) is 5.92 Å². The highest BCUT2D eigenvalue weighted by atomic mass is 16.4. The lowest BCUT2D eigenvalue weighted by Gasteiger charge is -2.21. The number of rotatable bonds is 6. The van der Waals surface area contributed by atoms with Gasteiger partial charge in [-0.05, 0) is 23.3 Å². The van der Waals surface area contributed by atoms with E-state index >= 15 is 0 Å². The average molecular weight is 240 g/mol. The minimum atomic E-state index is -0.783. The molecule has 1 unspecified atom stereocenters. The number of carboxylic acids is 1. The molecule has 17 heavy (non-hydrogen) atoms. The van der Waals surface area contributed by atoms with Crippen molar-refractivity contribution in [1.29, 1.82) is 0 Å². The zero-order chi connectivity index (χ0) is 13.1. The Morgan fingerprint density at radius 2 is 2.18 bits per heavy atom. The Bertz CT molecular complexity index is 387. The average Bonchev–Trinajstić information content (AvgIpc) is 2.74. The van der Waals surface area contributed by atoms with Crippen molar-refractivity contribution >= 4 is 5.97 Å². The van der Waals surface area contributed by atoms with E-state index in [2.05, 4.69) is 36.3 Å². The third kappa shape index (κ3) is 3.25. The number of hydrogen-bond donors (Lipinski definition) is 1. The van der Waals surface area contributed by atoms with Gasteiger partial charge in [-0.2, -0.15) is 0 Å². The molecule has 0 aliphatic carbocycles. The topological polar surface area (TPSA) is 80.9 Å². The monoisotopic (exact) mass is 240 g/mol. The fourth-order valence-corrected chi connectivity index (χ4v) is 1.44. The third-order valence-corrected chi connectivity index (χ3v) is 3.22. The van der Waals surface area contributed by atoms with Crippen molar-refractivity contribution in [2.45, 2.75) is 52.5 Å². The van der Waals surface area contributed by atoms with Crippen molar-refractivity contribution < 1.29 is 9.90 Å². The molecular formula is C11H20N4O2. The van der Waals surface area contributed by atoms with Crippen LogP contribution in [0.25, 0.3) is 0 Å². The number of carboxylic acid groups (broad SMARTS) is 1. The van der Waals surface area contributed by atoms with Crippen molar-refractivity contribution in [2.24, 2.45) is 5.92 Å². The predicted molar refractivity (Wildman–Crippen MR) is 62.6 cm³/mol. The fraction of sp³-hybridized carbons (Fsp3) is 0.818. The van der Waals surface area contributed by atoms with E-state index in [1.54, 1.807) is 11.6 Å². The van der Waals surface area contributed by atoms with Crippen LogP contribution in [-0.4, -0.2) is 31.3 Å². The maximum absolute atomic E-state index is 10.7. The van der Waals surface area contributed by atoms with Crippen molar-refractivity contribution in [2.75, 3.05) is 0 Å². The molecule has 1 aromatic heterocycles. The summed E-state index contributed by atoms with van der Waals surface area (Å²) in [7, 11) is 0. The predicted octanol–water partition coefficient (Wildman–Crippen LogP) is 1.47. The smallest absolute Gasteiger partial charge is 0.306 e. The van der Waals surface area contributed by atoms with Gasteiger partial charge in [-0.3, -0.25) is 4.79 Å². The van der Waals surface area contributed by atoms with Gasteiger partial charge in [-0.25, -0.2) is 4.68 Å². The van der Waals surface area contributed by atoms with E-state index in [1.165, 1.54) is 0 Å². The first-order valence-corrected chi connectivity index (χ1v) is 5.88. The van der Waals surface area contributed by atoms with Gasteiger partial charge < -0.3 is 5.11 Å². The Balaban J connectivity index is 2.73. The molecule has 1 rings (SSSR count). The number of aryl methyl sites for hydroxylation is 1. The van der Waals surface area contributed by atoms with Crippen LogP contribution in [0, 0.1) is 5.92 Å². The summed E-state index contributed by atoms with van der Waals surface area (Å²) in [5, 5.41) is 20.5. The molecule has 0 aromatic carbocycles. The maximum atomic E-state index is 10.7. The summed E-state index contributed by atoms with van der Waals surface area (Å²) in [6.07, 6.45) is 1.47. The fourth-order valence-electron chi connectivity index (χ4n) is 1.44. The zero-order valence-corrected chi connectivity index (χ0v) is 10.8. The van der Waals surface area contributed by atoms with Gasteiger partial charge in [-0.1, -0.05) is 27.7 Å². The molecule has 0 aliphatic rings. The minimum Gasteiger partial charge on any atom is -0.481 e. The number of nitrogens with zero attached hydrogens (tertiary/aromatic N) is 4. The van der Waals surface area contributed by atoms with Gasteiger partial charge in [0.1, 0.15) is 0 Å². The summed E-state index contributed by atoms with van der Waals surface area (Å²) in [5.74, 6) is -0.344. The van der Waals surface area contributed by atoms with Crippen molar-refractivity contribution in [3.05, 3.63) is 5.82 Å². The summed E-state index contributed by atoms with van der Waals surface area (Å²) >= 11 is 0. The standard InChI is InChI=1S/C11H20N4O2/c1-5-11(3,4)10-12-13-14-15(10)7-6-8(2)9(16)17/h8H,5-7H2,1-4H3,(H,16,17). The molecular weight excluding hydrogens is 220 g/mol. The van der Waals surface area contributed by atoms with E-state index in [0.717, 1.165) is 12.2 Å². The van der Waals surface area contributed by atoms with E-state index in [1.807, 2.05) is 0 Å². The molecule has 1 N–H and O–H groups in total. The first kappa shape index (κ1) is 13.6. The minimum absolute atomic E-state index is 0.0873. The quantitative estimate of drug-likeness (QED) is 0.814. The van der Waals surface area contributed by atoms with Crippen LogP contribution in [-0.2, 0) is 16.8 Å². The first-order valence-electron chi connectivity index (χ1n) is 5.88. The van der Waals surface area contributed by atoms with Crippen LogP contribution in [0.1, 0.15) is 46.4 Å². The highest BCUT2D eigenvalue weighted by molar-refractivity contribution is 5.69. The summed E-state index contributed by atoms with van der Waals surface area (Å²) in [6.45, 7) is 8.47. The van der Waals surface area contributed by atoms with E-state index in [0.29, 0.717) is 13.0 Å². The van der Waals surface area contributed by atoms with Gasteiger partial charge in [0.25, 0.3) is 0 Å². The summed E-state index contributed by atoms with van der Waals surface area (Å²) in [5.41, 5.74) is -0.0873. The SMILES string of the molecule is CCC(C)(C)c1nnnn1CCC(C)C(=O)O. The van der Waals surface area contributed by atoms with E-state index in [4.69, 9.17) is 5.11 Å². The molecule has 1 heterocycles. The number of aliphatic carboxylic acids is 1. The molecule has 0 saturated carbocycles. The molecule has 0 radical (unpaired) electrons. The van der Waals surface area contributed by atoms with Crippen LogP contribution in [0.4, 0.5) is 0 Å². The Morgan fingerprint density at radius 1 is 1.53 bits per heavy atom. The Morgan fingerprint density at radius 3 is 2.71 bits per heavy atom. The van der Waals surface area contributed by atoms with Crippen molar-refractivity contribution in [3.63, 3.8) is 0 Å². The lowest BCUT2D eigenvalue weighted by molar-refractivity contribution is -0.141. The summed E-state index contributed by atoms with van der Waals surface area (Å²) < 4.78 is 1.71. The first-order chi connectivity index (χ1) is 7.88. The number of aromatic nitrogens is 4. The molecule has 0 aliphatic heterocycles. The second kappa shape index (κ2) is 5.25. The molecule has 1 aromatic rings. The van der Waals surface area contributed by atoms with E-state index in [9.17, 15) is 4.79 Å². The van der Waals surface area contributed by atoms with Crippen LogP contribution in [0.5, 0.6) is 0 Å². The van der Waals surface area contributed by atoms with Gasteiger partial charge in [-0.15, -0.1) is 5.10 Å². The summed E-state index contributed by atoms with van der Waals surface area (Å²) in [4.78, 5) is 10.7. The molecule has 96 valence electrons. The van der Waals surface area contributed by atoms with Crippen LogP contribution in [0.15, 0.2) is 0 Å². The van der Waals surface area contributed by atoms with Crippen molar-refractivity contribution in [3.8, 4) is 0 Å². The maximum Gasteiger partial charge on any atom is 0.306 e. The Kier molecular flexibility index (Phi) is 4.20. The van der Waals surface area contributed by atoms with Gasteiger partial charge in [0.2, 0.25) is 0 Å². The largest absolute Gasteiger partial charge is 0.481 e. The van der Waals surface area contributed by atoms with Gasteiger partial charge >= 0.3 is 5.97 Å². The lowest BCUT2D eigenvalue weighted by atomic mass is 9.89. The molecule has 0 amide bonds. The number of tetrazole rings is 1. The molecule has 6 heteroatoms. The zero-order valence-electron chi connectivity index (χ0n) is 10.8. The van der Waals surface area contributed by atoms with Crippen LogP contribution in [0.2, 0.25) is 0 Å². The molecule has 0 saturated heterocycles. The van der Waals surface area contributed by atoms with Gasteiger partial charge in [0, 0.05) is 12.0 Å². The second-order valence-electron chi connectivity index (χ2n) is 4.99. The summed E-state index contributed by atoms with van der Waals surface area (Å²) in [6, 6.07) is 0. The normalized spacial score (nSPS) is 13.6. The van der Waals surface area contributed by atoms with Crippen molar-refractivity contribution in [1.82, 2.24) is 20.2 Å². The van der Waals surface area contributed by atoms with Crippen LogP contribution in [0.3, 0.4) is 0 Å². The Labute approximate surface area is 101 Å². The molecule has 6 nitrogen and oxygen atoms in total. The Hall–Kier alpha value is -1.46.